The van der Waals surface area contributed by atoms with Crippen molar-refractivity contribution in [3.05, 3.63) is 59.0 Å². The number of aliphatic hydroxyl groups is 1. The average Bonchev–Trinajstić information content (AvgIpc) is 3.09. The van der Waals surface area contributed by atoms with Crippen LogP contribution >= 0.6 is 11.3 Å². The van der Waals surface area contributed by atoms with Crippen molar-refractivity contribution in [1.82, 2.24) is 5.32 Å². The quantitative estimate of drug-likeness (QED) is 0.754. The van der Waals surface area contributed by atoms with E-state index in [-0.39, 0.29) is 12.5 Å². The molecule has 1 aliphatic rings. The lowest BCUT2D eigenvalue weighted by molar-refractivity contribution is 0.0906. The second-order valence-corrected chi connectivity index (χ2v) is 6.65. The van der Waals surface area contributed by atoms with Gasteiger partial charge in [0.15, 0.2) is 11.5 Å². The Kier molecular flexibility index (Phi) is 4.29. The number of thiophene rings is 1. The second kappa shape index (κ2) is 6.74. The van der Waals surface area contributed by atoms with E-state index in [2.05, 4.69) is 5.32 Å². The molecule has 2 N–H and O–H groups in total. The monoisotopic (exact) mass is 355 g/mol. The molecule has 1 aliphatic heterocycles. The van der Waals surface area contributed by atoms with E-state index in [0.717, 1.165) is 15.6 Å². The van der Waals surface area contributed by atoms with E-state index in [0.29, 0.717) is 30.3 Å². The van der Waals surface area contributed by atoms with E-state index < -0.39 is 6.10 Å². The normalized spacial score (nSPS) is 14.3. The van der Waals surface area contributed by atoms with Crippen molar-refractivity contribution < 1.29 is 19.4 Å². The van der Waals surface area contributed by atoms with Crippen LogP contribution in [0.4, 0.5) is 0 Å². The number of ether oxygens (including phenoxy) is 2. The standard InChI is InChI=1S/C19H17NO4S/c21-15(14-11-25-17-7-2-1-4-12(14)17)10-20-19(22)13-5-3-6-16-18(13)24-9-8-23-16/h1-7,11,15,21H,8-10H2,(H,20,22). The Hall–Kier alpha value is -2.57. The summed E-state index contributed by atoms with van der Waals surface area (Å²) in [5, 5.41) is 16.2. The molecule has 0 radical (unpaired) electrons. The predicted molar refractivity (Wildman–Crippen MR) is 96.6 cm³/mol. The van der Waals surface area contributed by atoms with E-state index in [1.807, 2.05) is 29.6 Å². The summed E-state index contributed by atoms with van der Waals surface area (Å²) in [4.78, 5) is 12.5. The number of aliphatic hydroxyl groups excluding tert-OH is 1. The number of nitrogens with one attached hydrogen (secondary N) is 1. The highest BCUT2D eigenvalue weighted by molar-refractivity contribution is 7.17. The lowest BCUT2D eigenvalue weighted by Gasteiger charge is -2.20. The van der Waals surface area contributed by atoms with Crippen LogP contribution in [0.5, 0.6) is 11.5 Å². The minimum Gasteiger partial charge on any atom is -0.486 e. The molecule has 1 aromatic heterocycles. The third-order valence-corrected chi connectivity index (χ3v) is 5.12. The van der Waals surface area contributed by atoms with Crippen molar-refractivity contribution in [3.8, 4) is 11.5 Å². The number of para-hydroxylation sites is 1. The molecule has 0 bridgehead atoms. The molecule has 128 valence electrons. The molecule has 6 heteroatoms. The minimum absolute atomic E-state index is 0.129. The number of carbonyl (C=O) groups excluding carboxylic acids is 1. The van der Waals surface area contributed by atoms with Gasteiger partial charge < -0.3 is 19.9 Å². The first-order chi connectivity index (χ1) is 12.2. The fourth-order valence-corrected chi connectivity index (χ4v) is 3.91. The van der Waals surface area contributed by atoms with Gasteiger partial charge in [-0.3, -0.25) is 4.79 Å². The van der Waals surface area contributed by atoms with Gasteiger partial charge in [-0.25, -0.2) is 0 Å². The van der Waals surface area contributed by atoms with Crippen LogP contribution in [0, 0.1) is 0 Å². The van der Waals surface area contributed by atoms with Gasteiger partial charge in [0, 0.05) is 16.8 Å². The van der Waals surface area contributed by atoms with Crippen LogP contribution in [0.25, 0.3) is 10.1 Å². The summed E-state index contributed by atoms with van der Waals surface area (Å²) in [5.41, 5.74) is 1.25. The van der Waals surface area contributed by atoms with Crippen molar-refractivity contribution in [2.24, 2.45) is 0 Å². The largest absolute Gasteiger partial charge is 0.486 e. The number of hydrogen-bond donors (Lipinski definition) is 2. The molecular formula is C19H17NO4S. The van der Waals surface area contributed by atoms with Crippen molar-refractivity contribution in [2.45, 2.75) is 6.10 Å². The van der Waals surface area contributed by atoms with Gasteiger partial charge >= 0.3 is 0 Å². The zero-order chi connectivity index (χ0) is 17.2. The Labute approximate surface area is 148 Å². The summed E-state index contributed by atoms with van der Waals surface area (Å²) in [5.74, 6) is 0.742. The zero-order valence-electron chi connectivity index (χ0n) is 13.4. The molecule has 2 heterocycles. The Balaban J connectivity index is 1.49. The maximum atomic E-state index is 12.5. The van der Waals surface area contributed by atoms with Crippen LogP contribution in [-0.4, -0.2) is 30.8 Å². The third kappa shape index (κ3) is 3.06. The van der Waals surface area contributed by atoms with Crippen LogP contribution in [-0.2, 0) is 0 Å². The highest BCUT2D eigenvalue weighted by Gasteiger charge is 2.21. The molecule has 3 aromatic rings. The van der Waals surface area contributed by atoms with Crippen LogP contribution in [0.1, 0.15) is 22.0 Å². The lowest BCUT2D eigenvalue weighted by atomic mass is 10.1. The first kappa shape index (κ1) is 15.9. The number of benzene rings is 2. The topological polar surface area (TPSA) is 67.8 Å². The van der Waals surface area contributed by atoms with Crippen molar-refractivity contribution >= 4 is 27.3 Å². The number of rotatable bonds is 4. The van der Waals surface area contributed by atoms with Crippen molar-refractivity contribution in [2.75, 3.05) is 19.8 Å². The van der Waals surface area contributed by atoms with E-state index in [4.69, 9.17) is 9.47 Å². The van der Waals surface area contributed by atoms with Gasteiger partial charge in [-0.2, -0.15) is 0 Å². The molecule has 4 rings (SSSR count). The molecule has 1 unspecified atom stereocenters. The van der Waals surface area contributed by atoms with Gasteiger partial charge in [0.2, 0.25) is 0 Å². The van der Waals surface area contributed by atoms with Gasteiger partial charge in [-0.1, -0.05) is 24.3 Å². The molecule has 0 fully saturated rings. The number of amides is 1. The van der Waals surface area contributed by atoms with Gasteiger partial charge in [0.1, 0.15) is 13.2 Å². The first-order valence-corrected chi connectivity index (χ1v) is 8.93. The fraction of sp³-hybridized carbons (Fsp3) is 0.211. The molecule has 5 nitrogen and oxygen atoms in total. The Morgan fingerprint density at radius 1 is 1.16 bits per heavy atom. The third-order valence-electron chi connectivity index (χ3n) is 4.14. The molecule has 0 saturated carbocycles. The molecule has 0 aliphatic carbocycles. The van der Waals surface area contributed by atoms with E-state index >= 15 is 0 Å². The summed E-state index contributed by atoms with van der Waals surface area (Å²) >= 11 is 1.58. The first-order valence-electron chi connectivity index (χ1n) is 8.05. The lowest BCUT2D eigenvalue weighted by Crippen LogP contribution is -2.29. The molecule has 25 heavy (non-hydrogen) atoms. The number of fused-ring (bicyclic) bond motifs is 2. The smallest absolute Gasteiger partial charge is 0.255 e. The van der Waals surface area contributed by atoms with E-state index in [1.165, 1.54) is 0 Å². The van der Waals surface area contributed by atoms with Crippen LogP contribution in [0.15, 0.2) is 47.8 Å². The summed E-state index contributed by atoms with van der Waals surface area (Å²) in [6, 6.07) is 13.1. The van der Waals surface area contributed by atoms with Crippen LogP contribution in [0.2, 0.25) is 0 Å². The maximum absolute atomic E-state index is 12.5. The highest BCUT2D eigenvalue weighted by atomic mass is 32.1. The van der Waals surface area contributed by atoms with Crippen LogP contribution in [0.3, 0.4) is 0 Å². The van der Waals surface area contributed by atoms with Gasteiger partial charge in [0.25, 0.3) is 5.91 Å². The summed E-state index contributed by atoms with van der Waals surface area (Å²) in [7, 11) is 0. The van der Waals surface area contributed by atoms with E-state index in [1.54, 1.807) is 29.5 Å². The summed E-state index contributed by atoms with van der Waals surface area (Å²) < 4.78 is 12.2. The van der Waals surface area contributed by atoms with Crippen LogP contribution < -0.4 is 14.8 Å². The average molecular weight is 355 g/mol. The second-order valence-electron chi connectivity index (χ2n) is 5.74. The summed E-state index contributed by atoms with van der Waals surface area (Å²) in [6.45, 7) is 1.02. The number of carbonyl (C=O) groups is 1. The van der Waals surface area contributed by atoms with Crippen molar-refractivity contribution in [3.63, 3.8) is 0 Å². The minimum atomic E-state index is -0.767. The Bertz CT molecular complexity index is 921. The summed E-state index contributed by atoms with van der Waals surface area (Å²) in [6.07, 6.45) is -0.767. The highest BCUT2D eigenvalue weighted by Crippen LogP contribution is 2.34. The van der Waals surface area contributed by atoms with E-state index in [9.17, 15) is 9.90 Å². The van der Waals surface area contributed by atoms with Gasteiger partial charge in [-0.05, 0) is 29.0 Å². The Morgan fingerprint density at radius 3 is 2.92 bits per heavy atom. The van der Waals surface area contributed by atoms with Gasteiger partial charge in [-0.15, -0.1) is 11.3 Å². The SMILES string of the molecule is O=C(NCC(O)c1csc2ccccc12)c1cccc2c1OCCO2. The van der Waals surface area contributed by atoms with Crippen molar-refractivity contribution in [1.29, 1.82) is 0 Å². The predicted octanol–water partition coefficient (Wildman–Crippen LogP) is 3.14. The number of hydrogen-bond acceptors (Lipinski definition) is 5. The molecule has 0 spiro atoms. The molecule has 0 saturated heterocycles. The molecule has 2 aromatic carbocycles. The zero-order valence-corrected chi connectivity index (χ0v) is 14.2. The molecule has 1 atom stereocenters. The van der Waals surface area contributed by atoms with Gasteiger partial charge in [0.05, 0.1) is 11.7 Å². The Morgan fingerprint density at radius 2 is 2.00 bits per heavy atom. The maximum Gasteiger partial charge on any atom is 0.255 e. The molecule has 1 amide bonds. The molecular weight excluding hydrogens is 338 g/mol. The fourth-order valence-electron chi connectivity index (χ4n) is 2.90.